The number of methoxy groups -OCH3 is 1. The van der Waals surface area contributed by atoms with Gasteiger partial charge in [-0.2, -0.15) is 13.2 Å². The van der Waals surface area contributed by atoms with Gasteiger partial charge < -0.3 is 10.1 Å². The third-order valence-corrected chi connectivity index (χ3v) is 5.88. The highest BCUT2D eigenvalue weighted by Gasteiger charge is 2.46. The fraction of sp³-hybridized carbons (Fsp3) is 0.208. The summed E-state index contributed by atoms with van der Waals surface area (Å²) >= 11 is 3.40. The molecule has 0 aliphatic heterocycles. The van der Waals surface area contributed by atoms with E-state index in [0.717, 1.165) is 0 Å². The molecule has 3 aromatic rings. The number of hydrogen-bond donors (Lipinski definition) is 2. The molecule has 0 fully saturated rings. The van der Waals surface area contributed by atoms with E-state index in [4.69, 9.17) is 4.74 Å². The normalized spacial score (nSPS) is 13.2. The summed E-state index contributed by atoms with van der Waals surface area (Å²) in [6.07, 6.45) is -5.29. The van der Waals surface area contributed by atoms with Gasteiger partial charge in [-0.05, 0) is 47.9 Å². The third kappa shape index (κ3) is 6.27. The Balaban J connectivity index is 2.06. The van der Waals surface area contributed by atoms with Gasteiger partial charge in [0.2, 0.25) is 0 Å². The molecule has 0 bridgehead atoms. The van der Waals surface area contributed by atoms with Crippen molar-refractivity contribution in [2.45, 2.75) is 24.7 Å². The monoisotopic (exact) mass is 522 g/mol. The second-order valence-electron chi connectivity index (χ2n) is 7.27. The van der Waals surface area contributed by atoms with Crippen molar-refractivity contribution in [2.24, 2.45) is 0 Å². The predicted octanol–water partition coefficient (Wildman–Crippen LogP) is 6.00. The maximum absolute atomic E-state index is 13.3. The smallest absolute Gasteiger partial charge is 0.473 e. The SMILES string of the molecule is COc1ccc(N[C@H](c2ccccc2)[C@H](Cc2ccccc2Br)N(O)C(=O)C(F)(F)F)cc1. The molecule has 2 atom stereocenters. The van der Waals surface area contributed by atoms with E-state index in [0.29, 0.717) is 27.0 Å². The van der Waals surface area contributed by atoms with Gasteiger partial charge in [0.15, 0.2) is 0 Å². The molecule has 33 heavy (non-hydrogen) atoms. The van der Waals surface area contributed by atoms with Crippen LogP contribution >= 0.6 is 15.9 Å². The number of halogens is 4. The molecule has 0 spiro atoms. The molecule has 0 aromatic heterocycles. The van der Waals surface area contributed by atoms with Crippen LogP contribution in [0.15, 0.2) is 83.3 Å². The van der Waals surface area contributed by atoms with E-state index in [1.807, 2.05) is 0 Å². The van der Waals surface area contributed by atoms with Gasteiger partial charge in [-0.3, -0.25) is 10.0 Å². The van der Waals surface area contributed by atoms with E-state index < -0.39 is 24.2 Å². The van der Waals surface area contributed by atoms with Crippen molar-refractivity contribution in [3.63, 3.8) is 0 Å². The summed E-state index contributed by atoms with van der Waals surface area (Å²) in [6, 6.07) is 20.3. The van der Waals surface area contributed by atoms with Gasteiger partial charge in [0.05, 0.1) is 19.2 Å². The summed E-state index contributed by atoms with van der Waals surface area (Å²) < 4.78 is 45.6. The van der Waals surface area contributed by atoms with Crippen LogP contribution in [0.2, 0.25) is 0 Å². The molecule has 0 unspecified atom stereocenters. The van der Waals surface area contributed by atoms with E-state index in [9.17, 15) is 23.2 Å². The summed E-state index contributed by atoms with van der Waals surface area (Å²) in [5.41, 5.74) is 1.81. The molecular formula is C24H22BrF3N2O3. The summed E-state index contributed by atoms with van der Waals surface area (Å²) in [6.45, 7) is 0. The highest BCUT2D eigenvalue weighted by atomic mass is 79.9. The molecule has 0 aliphatic rings. The number of rotatable bonds is 8. The molecule has 3 rings (SSSR count). The zero-order valence-corrected chi connectivity index (χ0v) is 19.2. The van der Waals surface area contributed by atoms with Gasteiger partial charge in [0.25, 0.3) is 0 Å². The molecule has 2 N–H and O–H groups in total. The minimum Gasteiger partial charge on any atom is -0.497 e. The lowest BCUT2D eigenvalue weighted by Gasteiger charge is -2.35. The number of alkyl halides is 3. The van der Waals surface area contributed by atoms with Crippen molar-refractivity contribution >= 4 is 27.5 Å². The van der Waals surface area contributed by atoms with Gasteiger partial charge in [0, 0.05) is 10.2 Å². The first-order chi connectivity index (χ1) is 15.7. The van der Waals surface area contributed by atoms with Crippen LogP contribution in [-0.2, 0) is 11.2 Å². The molecule has 0 heterocycles. The number of anilines is 1. The average Bonchev–Trinajstić information content (AvgIpc) is 2.82. The number of hydroxylamine groups is 2. The number of nitrogens with zero attached hydrogens (tertiary/aromatic N) is 1. The standard InChI is InChI=1S/C24H22BrF3N2O3/c1-33-19-13-11-18(12-14-19)29-22(16-7-3-2-4-8-16)21(30(32)23(31)24(26,27)28)15-17-9-5-6-10-20(17)25/h2-14,21-22,29,32H,15H2,1H3/t21-,22+/m0/s1. The lowest BCUT2D eigenvalue weighted by atomic mass is 9.92. The van der Waals surface area contributed by atoms with E-state index in [1.165, 1.54) is 7.11 Å². The van der Waals surface area contributed by atoms with Gasteiger partial charge >= 0.3 is 12.1 Å². The molecule has 174 valence electrons. The van der Waals surface area contributed by atoms with Crippen molar-refractivity contribution in [1.82, 2.24) is 5.06 Å². The largest absolute Gasteiger partial charge is 0.497 e. The summed E-state index contributed by atoms with van der Waals surface area (Å²) in [7, 11) is 1.52. The molecule has 5 nitrogen and oxygen atoms in total. The number of nitrogens with one attached hydrogen (secondary N) is 1. The zero-order chi connectivity index (χ0) is 24.0. The Labute approximate surface area is 197 Å². The fourth-order valence-corrected chi connectivity index (χ4v) is 3.89. The van der Waals surface area contributed by atoms with E-state index in [1.54, 1.807) is 78.9 Å². The molecule has 0 radical (unpaired) electrons. The van der Waals surface area contributed by atoms with Crippen LogP contribution in [0.4, 0.5) is 18.9 Å². The zero-order valence-electron chi connectivity index (χ0n) is 17.6. The van der Waals surface area contributed by atoms with Crippen molar-refractivity contribution < 1.29 is 27.9 Å². The molecule has 9 heteroatoms. The van der Waals surface area contributed by atoms with Gasteiger partial charge in [-0.15, -0.1) is 0 Å². The first-order valence-electron chi connectivity index (χ1n) is 9.99. The number of benzene rings is 3. The minimum atomic E-state index is -5.23. The Morgan fingerprint density at radius 2 is 1.64 bits per heavy atom. The number of hydrogen-bond acceptors (Lipinski definition) is 4. The Morgan fingerprint density at radius 1 is 1.03 bits per heavy atom. The first-order valence-corrected chi connectivity index (χ1v) is 10.8. The Kier molecular flexibility index (Phi) is 7.99. The number of carbonyl (C=O) groups excluding carboxylic acids is 1. The Bertz CT molecular complexity index is 1060. The molecule has 3 aromatic carbocycles. The lowest BCUT2D eigenvalue weighted by molar-refractivity contribution is -0.224. The fourth-order valence-electron chi connectivity index (χ4n) is 3.44. The van der Waals surface area contributed by atoms with Gasteiger partial charge in [0.1, 0.15) is 5.75 Å². The molecular weight excluding hydrogens is 501 g/mol. The third-order valence-electron chi connectivity index (χ3n) is 5.11. The maximum atomic E-state index is 13.3. The highest BCUT2D eigenvalue weighted by Crippen LogP contribution is 2.32. The van der Waals surface area contributed by atoms with Crippen molar-refractivity contribution in [3.05, 3.63) is 94.5 Å². The molecule has 0 aliphatic carbocycles. The van der Waals surface area contributed by atoms with Crippen LogP contribution in [-0.4, -0.2) is 35.5 Å². The summed E-state index contributed by atoms with van der Waals surface area (Å²) in [5, 5.41) is 13.5. The maximum Gasteiger partial charge on any atom is 0.473 e. The summed E-state index contributed by atoms with van der Waals surface area (Å²) in [4.78, 5) is 12.0. The molecule has 0 saturated carbocycles. The second-order valence-corrected chi connectivity index (χ2v) is 8.13. The predicted molar refractivity (Wildman–Crippen MR) is 122 cm³/mol. The van der Waals surface area contributed by atoms with E-state index in [-0.39, 0.29) is 11.5 Å². The number of ether oxygens (including phenoxy) is 1. The van der Waals surface area contributed by atoms with Crippen molar-refractivity contribution in [2.75, 3.05) is 12.4 Å². The van der Waals surface area contributed by atoms with Crippen molar-refractivity contribution in [3.8, 4) is 5.75 Å². The molecule has 0 saturated heterocycles. The average molecular weight is 523 g/mol. The molecule has 1 amide bonds. The Hall–Kier alpha value is -3.04. The van der Waals surface area contributed by atoms with E-state index >= 15 is 0 Å². The van der Waals surface area contributed by atoms with Crippen LogP contribution in [0.5, 0.6) is 5.75 Å². The van der Waals surface area contributed by atoms with Crippen LogP contribution in [0, 0.1) is 0 Å². The van der Waals surface area contributed by atoms with Gasteiger partial charge in [-0.25, -0.2) is 5.06 Å². The van der Waals surface area contributed by atoms with Crippen LogP contribution in [0.3, 0.4) is 0 Å². The quantitative estimate of drug-likeness (QED) is 0.281. The second kappa shape index (κ2) is 10.7. The number of amides is 1. The lowest BCUT2D eigenvalue weighted by Crippen LogP contribution is -2.50. The van der Waals surface area contributed by atoms with E-state index in [2.05, 4.69) is 21.2 Å². The minimum absolute atomic E-state index is 0.0531. The van der Waals surface area contributed by atoms with Gasteiger partial charge in [-0.1, -0.05) is 64.5 Å². The number of carbonyl (C=O) groups is 1. The highest BCUT2D eigenvalue weighted by molar-refractivity contribution is 9.10. The topological polar surface area (TPSA) is 61.8 Å². The van der Waals surface area contributed by atoms with Crippen LogP contribution in [0.25, 0.3) is 0 Å². The van der Waals surface area contributed by atoms with Crippen LogP contribution < -0.4 is 10.1 Å². The Morgan fingerprint density at radius 3 is 2.21 bits per heavy atom. The first kappa shape index (κ1) is 24.6. The van der Waals surface area contributed by atoms with Crippen LogP contribution in [0.1, 0.15) is 17.2 Å². The van der Waals surface area contributed by atoms with Crippen molar-refractivity contribution in [1.29, 1.82) is 0 Å². The summed E-state index contributed by atoms with van der Waals surface area (Å²) in [5.74, 6) is -1.73.